The topological polar surface area (TPSA) is 171 Å². The fourth-order valence-electron chi connectivity index (χ4n) is 14.0. The first kappa shape index (κ1) is 62.4. The van der Waals surface area contributed by atoms with Gasteiger partial charge in [-0.2, -0.15) is 0 Å². The van der Waals surface area contributed by atoms with Gasteiger partial charge < -0.3 is 48.0 Å². The maximum atomic E-state index is 16.8. The van der Waals surface area contributed by atoms with E-state index in [1.165, 1.54) is 71.9 Å². The molecule has 0 N–H and O–H groups in total. The van der Waals surface area contributed by atoms with Crippen molar-refractivity contribution in [1.82, 2.24) is 9.80 Å². The standard InChI is InChI=1S/C63H86F2N4O12Si/c1-40(78-5)49(34-59(72)80-7)62(74)67-36-44(38-76-3)28-55(67)57(70)30-42-12-16-46(17-13-42)53-20-21-54(69(53)48-32-51(64)61(52(65)33-48)66-22-26-82(27-23-66)24-10-9-11-25-82)47-18-14-43(15-19-47)31-58(71)56-29-45(39-77-4)37-68(56)63(75)50(41(2)79-6)35-60(73)81-8/h12-19,32-33,40-41,44-45,49-50,53-56H,9-11,20-31,34-39H2,1-8H3/t40-,41-,44+,45+,49+,50+,53+,54+,55+,56+/m1/s1. The summed E-state index contributed by atoms with van der Waals surface area (Å²) >= 11 is 0. The van der Waals surface area contributed by atoms with Gasteiger partial charge in [0.2, 0.25) is 11.8 Å². The number of hydrogen-bond donors (Lipinski definition) is 0. The summed E-state index contributed by atoms with van der Waals surface area (Å²) in [5, 5.41) is 0. The minimum Gasteiger partial charge on any atom is -0.469 e. The van der Waals surface area contributed by atoms with E-state index in [0.29, 0.717) is 70.8 Å². The van der Waals surface area contributed by atoms with Crippen molar-refractivity contribution in [2.24, 2.45) is 23.7 Å². The van der Waals surface area contributed by atoms with Gasteiger partial charge in [-0.15, -0.1) is 0 Å². The van der Waals surface area contributed by atoms with Crippen LogP contribution in [0.15, 0.2) is 60.7 Å². The third kappa shape index (κ3) is 14.3. The largest absolute Gasteiger partial charge is 0.469 e. The number of esters is 2. The molecule has 5 heterocycles. The zero-order valence-electron chi connectivity index (χ0n) is 49.3. The van der Waals surface area contributed by atoms with Crippen LogP contribution in [0.4, 0.5) is 20.2 Å². The molecule has 3 aromatic rings. The summed E-state index contributed by atoms with van der Waals surface area (Å²) in [4.78, 5) is 89.0. The summed E-state index contributed by atoms with van der Waals surface area (Å²) in [5.74, 6) is -5.13. The molecule has 2 amide bonds. The number of ether oxygens (including phenoxy) is 6. The van der Waals surface area contributed by atoms with E-state index in [2.05, 4.69) is 4.90 Å². The predicted octanol–water partition coefficient (Wildman–Crippen LogP) is 8.88. The number of Topliss-reactive ketones (excluding diaryl/α,β-unsaturated/α-hetero) is 2. The predicted molar refractivity (Wildman–Crippen MR) is 309 cm³/mol. The fraction of sp³-hybridized carbons (Fsp3) is 0.619. The average molecular weight is 1160 g/mol. The maximum Gasteiger partial charge on any atom is 0.306 e. The fourth-order valence-corrected chi connectivity index (χ4v) is 19.0. The Morgan fingerprint density at radius 1 is 0.585 bits per heavy atom. The maximum absolute atomic E-state index is 16.8. The zero-order chi connectivity index (χ0) is 58.8. The van der Waals surface area contributed by atoms with Gasteiger partial charge in [-0.05, 0) is 86.0 Å². The molecule has 5 aliphatic rings. The van der Waals surface area contributed by atoms with Crippen molar-refractivity contribution in [3.63, 3.8) is 0 Å². The van der Waals surface area contributed by atoms with Crippen molar-refractivity contribution in [3.05, 3.63) is 94.6 Å². The van der Waals surface area contributed by atoms with Crippen LogP contribution in [0.2, 0.25) is 24.2 Å². The van der Waals surface area contributed by atoms with Crippen molar-refractivity contribution in [1.29, 1.82) is 0 Å². The molecule has 0 unspecified atom stereocenters. The third-order valence-electron chi connectivity index (χ3n) is 18.9. The van der Waals surface area contributed by atoms with Crippen LogP contribution in [0.3, 0.4) is 0 Å². The number of benzene rings is 3. The van der Waals surface area contributed by atoms with Crippen LogP contribution in [0, 0.1) is 35.3 Å². The number of hydrogen-bond acceptors (Lipinski definition) is 14. The van der Waals surface area contributed by atoms with Crippen LogP contribution in [0.5, 0.6) is 0 Å². The van der Waals surface area contributed by atoms with Gasteiger partial charge in [0.1, 0.15) is 5.69 Å². The second kappa shape index (κ2) is 28.3. The molecule has 19 heteroatoms. The molecular formula is C63H86F2N4O12Si. The minimum absolute atomic E-state index is 0.0327. The molecule has 0 aliphatic carbocycles. The van der Waals surface area contributed by atoms with Crippen LogP contribution < -0.4 is 9.80 Å². The van der Waals surface area contributed by atoms with Crippen molar-refractivity contribution in [2.75, 3.05) is 91.9 Å². The van der Waals surface area contributed by atoms with Crippen molar-refractivity contribution < 1.29 is 66.0 Å². The zero-order valence-corrected chi connectivity index (χ0v) is 50.3. The smallest absolute Gasteiger partial charge is 0.306 e. The Hall–Kier alpha value is -5.60. The molecule has 16 nitrogen and oxygen atoms in total. The number of methoxy groups -OCH3 is 6. The number of anilines is 2. The molecule has 1 spiro atoms. The van der Waals surface area contributed by atoms with Crippen LogP contribution in [0.1, 0.15) is 106 Å². The summed E-state index contributed by atoms with van der Waals surface area (Å²) < 4.78 is 65.4. The Labute approximate surface area is 483 Å². The number of carbonyl (C=O) groups is 6. The van der Waals surface area contributed by atoms with Crippen molar-refractivity contribution >= 4 is 54.8 Å². The first-order valence-corrected chi connectivity index (χ1v) is 32.3. The Morgan fingerprint density at radius 2 is 1.00 bits per heavy atom. The van der Waals surface area contributed by atoms with Gasteiger partial charge >= 0.3 is 11.9 Å². The number of nitrogens with zero attached hydrogens (tertiary/aromatic N) is 4. The highest BCUT2D eigenvalue weighted by Crippen LogP contribution is 2.49. The molecule has 10 atom stereocenters. The lowest BCUT2D eigenvalue weighted by atomic mass is 9.95. The molecule has 82 heavy (non-hydrogen) atoms. The first-order valence-electron chi connectivity index (χ1n) is 29.5. The molecule has 0 bridgehead atoms. The van der Waals surface area contributed by atoms with E-state index in [4.69, 9.17) is 28.4 Å². The number of likely N-dealkylation sites (tertiary alicyclic amines) is 2. The van der Waals surface area contributed by atoms with E-state index >= 15 is 8.78 Å². The van der Waals surface area contributed by atoms with Gasteiger partial charge in [-0.1, -0.05) is 79.9 Å². The first-order chi connectivity index (χ1) is 39.4. The molecule has 5 saturated heterocycles. The summed E-state index contributed by atoms with van der Waals surface area (Å²) in [6, 6.07) is 21.1. The molecule has 0 saturated carbocycles. The summed E-state index contributed by atoms with van der Waals surface area (Å²) in [6.07, 6.45) is 4.44. The summed E-state index contributed by atoms with van der Waals surface area (Å²) in [6.45, 7) is 6.08. The molecule has 0 aromatic heterocycles. The second-order valence-electron chi connectivity index (χ2n) is 23.9. The van der Waals surface area contributed by atoms with Crippen LogP contribution >= 0.6 is 0 Å². The number of carbonyl (C=O) groups excluding carboxylic acids is 6. The lowest BCUT2D eigenvalue weighted by molar-refractivity contribution is -0.152. The van der Waals surface area contributed by atoms with Crippen molar-refractivity contribution in [2.45, 2.75) is 145 Å². The van der Waals surface area contributed by atoms with Crippen LogP contribution in [-0.2, 0) is 70.0 Å². The quantitative estimate of drug-likeness (QED) is 0.0615. The minimum atomic E-state index is -1.41. The Balaban J connectivity index is 1.04. The number of rotatable bonds is 24. The summed E-state index contributed by atoms with van der Waals surface area (Å²) in [7, 11) is 7.25. The highest BCUT2D eigenvalue weighted by molar-refractivity contribution is 6.80. The van der Waals surface area contributed by atoms with E-state index in [1.807, 2.05) is 53.4 Å². The average Bonchev–Trinajstić information content (AvgIpc) is 4.05. The lowest BCUT2D eigenvalue weighted by Crippen LogP contribution is -2.48. The third-order valence-corrected chi connectivity index (χ3v) is 24.3. The molecule has 8 rings (SSSR count). The number of amides is 2. The lowest BCUT2D eigenvalue weighted by Gasteiger charge is -2.43. The Bertz CT molecular complexity index is 2540. The molecule has 5 fully saturated rings. The van der Waals surface area contributed by atoms with Gasteiger partial charge in [-0.25, -0.2) is 8.78 Å². The second-order valence-corrected chi connectivity index (χ2v) is 28.9. The van der Waals surface area contributed by atoms with E-state index in [1.54, 1.807) is 37.9 Å². The molecule has 5 aliphatic heterocycles. The SMILES string of the molecule is COC[C@H]1C[C@@H](C(=O)Cc2ccc([C@@H]3CC[C@@H](c4ccc(CC(=O)[C@@H]5C[C@H](COC)CN5C(=O)[C@@H](CC(=O)OC)[C@@H](C)OC)cc4)N3c3cc(F)c(N4CC[Si]5(CCCCC5)CC4)c(F)c3)cc2)N(C(=O)[C@@H](CC(=O)OC)[C@@H](C)OC)C1. The van der Waals surface area contributed by atoms with E-state index in [9.17, 15) is 28.8 Å². The van der Waals surface area contributed by atoms with Gasteiger partial charge in [0, 0.05) is 85.0 Å². The van der Waals surface area contributed by atoms with Gasteiger partial charge in [-0.3, -0.25) is 28.8 Å². The van der Waals surface area contributed by atoms with Crippen LogP contribution in [-0.4, -0.2) is 160 Å². The van der Waals surface area contributed by atoms with E-state index < -0.39 is 67.8 Å². The molecule has 448 valence electrons. The highest BCUT2D eigenvalue weighted by Gasteiger charge is 2.46. The Kier molecular flexibility index (Phi) is 21.6. The number of halogens is 2. The Morgan fingerprint density at radius 3 is 1.38 bits per heavy atom. The monoisotopic (exact) mass is 1160 g/mol. The molecule has 3 aromatic carbocycles. The molecule has 0 radical (unpaired) electrons. The highest BCUT2D eigenvalue weighted by atomic mass is 28.3. The van der Waals surface area contributed by atoms with Crippen molar-refractivity contribution in [3.8, 4) is 0 Å². The van der Waals surface area contributed by atoms with Crippen LogP contribution in [0.25, 0.3) is 0 Å². The van der Waals surface area contributed by atoms with Gasteiger partial charge in [0.05, 0.1) is 96.6 Å². The van der Waals surface area contributed by atoms with Gasteiger partial charge in [0.25, 0.3) is 0 Å². The van der Waals surface area contributed by atoms with E-state index in [0.717, 1.165) is 34.3 Å². The number of ketones is 2. The normalized spacial score (nSPS) is 24.1. The van der Waals surface area contributed by atoms with Gasteiger partial charge in [0.15, 0.2) is 23.2 Å². The molecular weight excluding hydrogens is 1070 g/mol. The van der Waals surface area contributed by atoms with E-state index in [-0.39, 0.29) is 78.7 Å². The summed E-state index contributed by atoms with van der Waals surface area (Å²) in [5.41, 5.74) is 3.73.